The molecule has 0 aliphatic carbocycles. The third-order valence-electron chi connectivity index (χ3n) is 1.91. The highest BCUT2D eigenvalue weighted by Crippen LogP contribution is 2.18. The van der Waals surface area contributed by atoms with Gasteiger partial charge in [-0.25, -0.2) is 9.18 Å². The van der Waals surface area contributed by atoms with Gasteiger partial charge in [0.15, 0.2) is 0 Å². The number of halogens is 1. The van der Waals surface area contributed by atoms with E-state index >= 15 is 0 Å². The summed E-state index contributed by atoms with van der Waals surface area (Å²) in [5.74, 6) is -0.522. The number of nitrogens with zero attached hydrogens (tertiary/aromatic N) is 1. The molecule has 0 spiro atoms. The molecule has 0 atom stereocenters. The topological polar surface area (TPSA) is 63.8 Å². The lowest BCUT2D eigenvalue weighted by Crippen LogP contribution is -2.16. The van der Waals surface area contributed by atoms with Gasteiger partial charge < -0.3 is 10.7 Å². The number of H-pyrrole nitrogens is 1. The highest BCUT2D eigenvalue weighted by molar-refractivity contribution is 5.58. The molecule has 1 heterocycles. The third kappa shape index (κ3) is 1.19. The Morgan fingerprint density at radius 3 is 2.79 bits per heavy atom. The van der Waals surface area contributed by atoms with Crippen LogP contribution >= 0.6 is 0 Å². The summed E-state index contributed by atoms with van der Waals surface area (Å²) in [6.07, 6.45) is 2.85. The lowest BCUT2D eigenvalue weighted by Gasteiger charge is -2.05. The molecule has 0 bridgehead atoms. The Morgan fingerprint density at radius 1 is 1.43 bits per heavy atom. The molecule has 0 unspecified atom stereocenters. The first-order valence-electron chi connectivity index (χ1n) is 4.00. The first-order valence-corrected chi connectivity index (χ1v) is 4.00. The maximum Gasteiger partial charge on any atom is 0.330 e. The van der Waals surface area contributed by atoms with Gasteiger partial charge in [0, 0.05) is 12.4 Å². The quantitative estimate of drug-likeness (QED) is 0.660. The largest absolute Gasteiger partial charge is 0.397 e. The first-order chi connectivity index (χ1) is 6.70. The maximum absolute atomic E-state index is 13.3. The molecule has 2 rings (SSSR count). The molecule has 3 N–H and O–H groups in total. The van der Waals surface area contributed by atoms with Crippen molar-refractivity contribution in [1.82, 2.24) is 9.55 Å². The molecule has 2 aromatic rings. The van der Waals surface area contributed by atoms with Gasteiger partial charge in [0.2, 0.25) is 0 Å². The molecule has 4 nitrogen and oxygen atoms in total. The predicted molar refractivity (Wildman–Crippen MR) is 50.8 cm³/mol. The molecule has 0 fully saturated rings. The van der Waals surface area contributed by atoms with Crippen molar-refractivity contribution in [2.75, 3.05) is 5.73 Å². The lowest BCUT2D eigenvalue weighted by atomic mass is 10.2. The molecule has 5 heteroatoms. The molecular weight excluding hydrogens is 185 g/mol. The standard InChI is InChI=1S/C9H8FN3O/c10-6-2-1-3-7(11)8(6)13-5-4-12-9(13)14/h1-5H,11H2,(H,12,14). The molecule has 0 amide bonds. The van der Waals surface area contributed by atoms with Crippen molar-refractivity contribution in [3.05, 3.63) is 46.9 Å². The van der Waals surface area contributed by atoms with E-state index in [1.165, 1.54) is 30.6 Å². The summed E-state index contributed by atoms with van der Waals surface area (Å²) in [6, 6.07) is 4.29. The summed E-state index contributed by atoms with van der Waals surface area (Å²) < 4.78 is 14.5. The van der Waals surface area contributed by atoms with Crippen molar-refractivity contribution < 1.29 is 4.39 Å². The first kappa shape index (κ1) is 8.55. The van der Waals surface area contributed by atoms with Gasteiger partial charge in [0.25, 0.3) is 0 Å². The van der Waals surface area contributed by atoms with E-state index in [0.717, 1.165) is 4.57 Å². The van der Waals surface area contributed by atoms with E-state index in [9.17, 15) is 9.18 Å². The van der Waals surface area contributed by atoms with Crippen LogP contribution < -0.4 is 11.4 Å². The zero-order chi connectivity index (χ0) is 10.1. The van der Waals surface area contributed by atoms with Crippen molar-refractivity contribution in [2.24, 2.45) is 0 Å². The highest BCUT2D eigenvalue weighted by Gasteiger charge is 2.09. The van der Waals surface area contributed by atoms with Crippen LogP contribution in [-0.2, 0) is 0 Å². The minimum Gasteiger partial charge on any atom is -0.397 e. The smallest absolute Gasteiger partial charge is 0.330 e. The van der Waals surface area contributed by atoms with Crippen LogP contribution in [0.15, 0.2) is 35.4 Å². The number of aromatic nitrogens is 2. The fourth-order valence-electron chi connectivity index (χ4n) is 1.28. The van der Waals surface area contributed by atoms with Crippen molar-refractivity contribution in [3.8, 4) is 5.69 Å². The van der Waals surface area contributed by atoms with Gasteiger partial charge in [-0.3, -0.25) is 4.57 Å². The van der Waals surface area contributed by atoms with Crippen LogP contribution in [0, 0.1) is 5.82 Å². The summed E-state index contributed by atoms with van der Waals surface area (Å²) in [7, 11) is 0. The van der Waals surface area contributed by atoms with Crippen molar-refractivity contribution in [3.63, 3.8) is 0 Å². The van der Waals surface area contributed by atoms with Crippen LogP contribution in [0.5, 0.6) is 0 Å². The number of benzene rings is 1. The summed E-state index contributed by atoms with van der Waals surface area (Å²) in [5.41, 5.74) is 5.46. The monoisotopic (exact) mass is 193 g/mol. The number of imidazole rings is 1. The van der Waals surface area contributed by atoms with Crippen LogP contribution in [0.1, 0.15) is 0 Å². The predicted octanol–water partition coefficient (Wildman–Crippen LogP) is 0.887. The molecule has 0 aliphatic rings. The number of nitrogen functional groups attached to an aromatic ring is 1. The number of rotatable bonds is 1. The molecule has 1 aromatic carbocycles. The second kappa shape index (κ2) is 3.02. The molecule has 0 aliphatic heterocycles. The van der Waals surface area contributed by atoms with E-state index in [1.54, 1.807) is 0 Å². The van der Waals surface area contributed by atoms with Crippen LogP contribution in [0.25, 0.3) is 5.69 Å². The van der Waals surface area contributed by atoms with Crippen LogP contribution in [-0.4, -0.2) is 9.55 Å². The molecule has 14 heavy (non-hydrogen) atoms. The van der Waals surface area contributed by atoms with Crippen LogP contribution in [0.4, 0.5) is 10.1 Å². The fraction of sp³-hybridized carbons (Fsp3) is 0. The Labute approximate surface area is 78.8 Å². The van der Waals surface area contributed by atoms with Gasteiger partial charge in [0.05, 0.1) is 5.69 Å². The lowest BCUT2D eigenvalue weighted by molar-refractivity contribution is 0.617. The number of aromatic amines is 1. The van der Waals surface area contributed by atoms with E-state index < -0.39 is 11.5 Å². The van der Waals surface area contributed by atoms with Crippen molar-refractivity contribution in [1.29, 1.82) is 0 Å². The van der Waals surface area contributed by atoms with Gasteiger partial charge >= 0.3 is 5.69 Å². The molecule has 0 saturated heterocycles. The molecule has 72 valence electrons. The highest BCUT2D eigenvalue weighted by atomic mass is 19.1. The second-order valence-corrected chi connectivity index (χ2v) is 2.81. The number of nitrogens with one attached hydrogen (secondary N) is 1. The van der Waals surface area contributed by atoms with Crippen molar-refractivity contribution in [2.45, 2.75) is 0 Å². The van der Waals surface area contributed by atoms with Gasteiger partial charge in [-0.15, -0.1) is 0 Å². The Hall–Kier alpha value is -2.04. The Kier molecular flexibility index (Phi) is 1.85. The van der Waals surface area contributed by atoms with E-state index in [-0.39, 0.29) is 11.4 Å². The minimum absolute atomic E-state index is 0.0822. The molecule has 0 saturated carbocycles. The Balaban J connectivity index is 2.74. The summed E-state index contributed by atoms with van der Waals surface area (Å²) in [6.45, 7) is 0. The summed E-state index contributed by atoms with van der Waals surface area (Å²) >= 11 is 0. The van der Waals surface area contributed by atoms with Gasteiger partial charge in [-0.05, 0) is 12.1 Å². The number of hydrogen-bond acceptors (Lipinski definition) is 2. The molecule has 1 aromatic heterocycles. The maximum atomic E-state index is 13.3. The zero-order valence-electron chi connectivity index (χ0n) is 7.20. The number of nitrogens with two attached hydrogens (primary N) is 1. The van der Waals surface area contributed by atoms with Gasteiger partial charge in [-0.2, -0.15) is 0 Å². The Bertz CT molecular complexity index is 495. The fourth-order valence-corrected chi connectivity index (χ4v) is 1.28. The SMILES string of the molecule is Nc1cccc(F)c1-n1cc[nH]c1=O. The van der Waals surface area contributed by atoms with Crippen LogP contribution in [0.2, 0.25) is 0 Å². The number of para-hydroxylation sites is 1. The van der Waals surface area contributed by atoms with E-state index in [2.05, 4.69) is 4.98 Å². The normalized spacial score (nSPS) is 10.4. The van der Waals surface area contributed by atoms with E-state index in [1.807, 2.05) is 0 Å². The summed E-state index contributed by atoms with van der Waals surface area (Å²) in [5, 5.41) is 0. The second-order valence-electron chi connectivity index (χ2n) is 2.81. The molecule has 0 radical (unpaired) electrons. The van der Waals surface area contributed by atoms with E-state index in [0.29, 0.717) is 0 Å². The zero-order valence-corrected chi connectivity index (χ0v) is 7.20. The average molecular weight is 193 g/mol. The van der Waals surface area contributed by atoms with E-state index in [4.69, 9.17) is 5.73 Å². The van der Waals surface area contributed by atoms with Gasteiger partial charge in [0.1, 0.15) is 11.5 Å². The third-order valence-corrected chi connectivity index (χ3v) is 1.91. The molecular formula is C9H8FN3O. The minimum atomic E-state index is -0.522. The van der Waals surface area contributed by atoms with Crippen LogP contribution in [0.3, 0.4) is 0 Å². The van der Waals surface area contributed by atoms with Gasteiger partial charge in [-0.1, -0.05) is 6.07 Å². The number of anilines is 1. The number of hydrogen-bond donors (Lipinski definition) is 2. The summed E-state index contributed by atoms with van der Waals surface area (Å²) in [4.78, 5) is 13.6. The Morgan fingerprint density at radius 2 is 2.21 bits per heavy atom. The average Bonchev–Trinajstić information content (AvgIpc) is 2.52. The van der Waals surface area contributed by atoms with Crippen molar-refractivity contribution >= 4 is 5.69 Å².